The molecular weight excluding hydrogens is 465 g/mol. The lowest BCUT2D eigenvalue weighted by molar-refractivity contribution is 0.0781. The molecule has 1 amide bonds. The third-order valence-corrected chi connectivity index (χ3v) is 6.35. The van der Waals surface area contributed by atoms with E-state index in [1.807, 2.05) is 53.9 Å². The Balaban J connectivity index is 1.28. The zero-order valence-corrected chi connectivity index (χ0v) is 19.8. The van der Waals surface area contributed by atoms with Gasteiger partial charge in [-0.1, -0.05) is 47.6 Å². The summed E-state index contributed by atoms with van der Waals surface area (Å²) in [4.78, 5) is 20.0. The highest BCUT2D eigenvalue weighted by atomic mass is 32.1. The Labute approximate surface area is 205 Å². The largest absolute Gasteiger partial charge is 0.361 e. The SMILES string of the molecule is CN(CCCc1cc(-c2ccccc2)no1)C(=O)c1nc(-c2cccs2)n(-c2cccc(F)c2)n1. The molecule has 176 valence electrons. The number of thiophene rings is 1. The molecule has 7 nitrogen and oxygen atoms in total. The molecule has 0 atom stereocenters. The minimum Gasteiger partial charge on any atom is -0.361 e. The van der Waals surface area contributed by atoms with E-state index in [-0.39, 0.29) is 17.5 Å². The molecule has 0 unspecified atom stereocenters. The van der Waals surface area contributed by atoms with Crippen LogP contribution in [0.3, 0.4) is 0 Å². The highest BCUT2D eigenvalue weighted by Crippen LogP contribution is 2.26. The van der Waals surface area contributed by atoms with E-state index < -0.39 is 0 Å². The van der Waals surface area contributed by atoms with E-state index in [9.17, 15) is 9.18 Å². The summed E-state index contributed by atoms with van der Waals surface area (Å²) >= 11 is 1.48. The van der Waals surface area contributed by atoms with Crippen molar-refractivity contribution in [3.05, 3.63) is 95.6 Å². The maximum atomic E-state index is 13.9. The molecular formula is C26H22FN5O2S. The molecule has 35 heavy (non-hydrogen) atoms. The third-order valence-electron chi connectivity index (χ3n) is 5.48. The van der Waals surface area contributed by atoms with Gasteiger partial charge in [0.2, 0.25) is 5.82 Å². The fourth-order valence-electron chi connectivity index (χ4n) is 3.69. The van der Waals surface area contributed by atoms with Crippen molar-refractivity contribution >= 4 is 17.2 Å². The van der Waals surface area contributed by atoms with Crippen molar-refractivity contribution in [1.82, 2.24) is 24.8 Å². The molecule has 0 bridgehead atoms. The summed E-state index contributed by atoms with van der Waals surface area (Å²) in [6, 6.07) is 21.6. The van der Waals surface area contributed by atoms with Crippen LogP contribution in [0.2, 0.25) is 0 Å². The number of benzene rings is 2. The van der Waals surface area contributed by atoms with Crippen molar-refractivity contribution < 1.29 is 13.7 Å². The molecule has 0 fully saturated rings. The molecule has 5 rings (SSSR count). The summed E-state index contributed by atoms with van der Waals surface area (Å²) in [5, 5.41) is 10.5. The van der Waals surface area contributed by atoms with Crippen LogP contribution in [-0.2, 0) is 6.42 Å². The van der Waals surface area contributed by atoms with E-state index in [2.05, 4.69) is 15.2 Å². The van der Waals surface area contributed by atoms with Crippen molar-refractivity contribution in [2.45, 2.75) is 12.8 Å². The van der Waals surface area contributed by atoms with Crippen LogP contribution in [0.5, 0.6) is 0 Å². The van der Waals surface area contributed by atoms with Gasteiger partial charge in [0.15, 0.2) is 5.82 Å². The predicted molar refractivity (Wildman–Crippen MR) is 132 cm³/mol. The highest BCUT2D eigenvalue weighted by molar-refractivity contribution is 7.13. The Hall–Kier alpha value is -4.11. The van der Waals surface area contributed by atoms with Gasteiger partial charge in [-0.15, -0.1) is 16.4 Å². The molecule has 2 aromatic carbocycles. The topological polar surface area (TPSA) is 77.0 Å². The van der Waals surface area contributed by atoms with Gasteiger partial charge in [0.25, 0.3) is 5.91 Å². The summed E-state index contributed by atoms with van der Waals surface area (Å²) in [7, 11) is 1.71. The van der Waals surface area contributed by atoms with Crippen LogP contribution in [0.1, 0.15) is 22.8 Å². The number of halogens is 1. The Morgan fingerprint density at radius 2 is 1.94 bits per heavy atom. The van der Waals surface area contributed by atoms with Crippen LogP contribution in [0.4, 0.5) is 4.39 Å². The first-order valence-corrected chi connectivity index (χ1v) is 12.0. The van der Waals surface area contributed by atoms with Gasteiger partial charge in [-0.2, -0.15) is 0 Å². The van der Waals surface area contributed by atoms with Gasteiger partial charge in [0, 0.05) is 31.6 Å². The van der Waals surface area contributed by atoms with E-state index in [1.165, 1.54) is 28.2 Å². The summed E-state index contributed by atoms with van der Waals surface area (Å²) in [6.07, 6.45) is 1.33. The smallest absolute Gasteiger partial charge is 0.293 e. The van der Waals surface area contributed by atoms with Gasteiger partial charge < -0.3 is 9.42 Å². The molecule has 0 aliphatic carbocycles. The van der Waals surface area contributed by atoms with Gasteiger partial charge in [-0.3, -0.25) is 4.79 Å². The number of aromatic nitrogens is 4. The summed E-state index contributed by atoms with van der Waals surface area (Å²) < 4.78 is 20.8. The van der Waals surface area contributed by atoms with E-state index in [4.69, 9.17) is 4.52 Å². The summed E-state index contributed by atoms with van der Waals surface area (Å²) in [5.74, 6) is 0.630. The Morgan fingerprint density at radius 3 is 2.71 bits per heavy atom. The fourth-order valence-corrected chi connectivity index (χ4v) is 4.39. The molecule has 0 aliphatic heterocycles. The third kappa shape index (κ3) is 5.04. The van der Waals surface area contributed by atoms with E-state index in [1.54, 1.807) is 24.1 Å². The van der Waals surface area contributed by atoms with Gasteiger partial charge in [-0.05, 0) is 36.1 Å². The van der Waals surface area contributed by atoms with Gasteiger partial charge in [-0.25, -0.2) is 14.1 Å². The molecule has 0 saturated heterocycles. The van der Waals surface area contributed by atoms with E-state index in [0.717, 1.165) is 21.9 Å². The number of nitrogens with zero attached hydrogens (tertiary/aromatic N) is 5. The lowest BCUT2D eigenvalue weighted by atomic mass is 10.1. The van der Waals surface area contributed by atoms with Crippen LogP contribution in [0, 0.1) is 5.82 Å². The van der Waals surface area contributed by atoms with Crippen LogP contribution in [-0.4, -0.2) is 44.3 Å². The van der Waals surface area contributed by atoms with Crippen molar-refractivity contribution in [1.29, 1.82) is 0 Å². The molecule has 0 saturated carbocycles. The van der Waals surface area contributed by atoms with E-state index in [0.29, 0.717) is 30.9 Å². The van der Waals surface area contributed by atoms with Crippen LogP contribution >= 0.6 is 11.3 Å². The normalized spacial score (nSPS) is 11.0. The molecule has 3 aromatic heterocycles. The monoisotopic (exact) mass is 487 g/mol. The Morgan fingerprint density at radius 1 is 1.09 bits per heavy atom. The zero-order chi connectivity index (χ0) is 24.2. The zero-order valence-electron chi connectivity index (χ0n) is 19.0. The predicted octanol–water partition coefficient (Wildman–Crippen LogP) is 5.49. The number of carbonyl (C=O) groups is 1. The van der Waals surface area contributed by atoms with Crippen molar-refractivity contribution in [2.24, 2.45) is 0 Å². The lowest BCUT2D eigenvalue weighted by Crippen LogP contribution is -2.29. The molecule has 0 radical (unpaired) electrons. The first-order chi connectivity index (χ1) is 17.1. The number of carbonyl (C=O) groups excluding carboxylic acids is 1. The van der Waals surface area contributed by atoms with Crippen LogP contribution in [0.15, 0.2) is 82.7 Å². The quantitative estimate of drug-likeness (QED) is 0.289. The average Bonchev–Trinajstić information content (AvgIpc) is 3.65. The summed E-state index contributed by atoms with van der Waals surface area (Å²) in [6.45, 7) is 0.489. The number of hydrogen-bond acceptors (Lipinski definition) is 6. The van der Waals surface area contributed by atoms with Gasteiger partial charge >= 0.3 is 0 Å². The number of rotatable bonds is 8. The molecule has 0 spiro atoms. The summed E-state index contributed by atoms with van der Waals surface area (Å²) in [5.41, 5.74) is 2.29. The van der Waals surface area contributed by atoms with Crippen LogP contribution < -0.4 is 0 Å². The average molecular weight is 488 g/mol. The number of hydrogen-bond donors (Lipinski definition) is 0. The molecule has 9 heteroatoms. The van der Waals surface area contributed by atoms with E-state index >= 15 is 0 Å². The van der Waals surface area contributed by atoms with Gasteiger partial charge in [0.05, 0.1) is 10.6 Å². The Kier molecular flexibility index (Phi) is 6.49. The second-order valence-electron chi connectivity index (χ2n) is 8.00. The molecule has 5 aromatic rings. The first kappa shape index (κ1) is 22.7. The highest BCUT2D eigenvalue weighted by Gasteiger charge is 2.22. The molecule has 0 N–H and O–H groups in total. The second kappa shape index (κ2) is 10.0. The maximum Gasteiger partial charge on any atom is 0.293 e. The molecule has 0 aliphatic rings. The lowest BCUT2D eigenvalue weighted by Gasteiger charge is -2.14. The maximum absolute atomic E-state index is 13.9. The van der Waals surface area contributed by atoms with Crippen LogP contribution in [0.25, 0.3) is 27.6 Å². The standard InChI is InChI=1S/C26H22FN5O2S/c1-31(14-6-12-21-17-22(30-34-21)18-8-3-2-4-9-18)26(33)24-28-25(23-13-7-15-35-23)32(29-24)20-11-5-10-19(27)16-20/h2-5,7-11,13,15-17H,6,12,14H2,1H3. The minimum atomic E-state index is -0.386. The number of amides is 1. The van der Waals surface area contributed by atoms with Crippen molar-refractivity contribution in [2.75, 3.05) is 13.6 Å². The van der Waals surface area contributed by atoms with Gasteiger partial charge in [0.1, 0.15) is 17.3 Å². The fraction of sp³-hybridized carbons (Fsp3) is 0.154. The molecule has 3 heterocycles. The van der Waals surface area contributed by atoms with Crippen molar-refractivity contribution in [3.63, 3.8) is 0 Å². The van der Waals surface area contributed by atoms with Crippen molar-refractivity contribution in [3.8, 4) is 27.6 Å². The minimum absolute atomic E-state index is 0.0613. The Bertz CT molecular complexity index is 1430. The number of aryl methyl sites for hydroxylation is 1. The first-order valence-electron chi connectivity index (χ1n) is 11.1. The second-order valence-corrected chi connectivity index (χ2v) is 8.95.